The fraction of sp³-hybridized carbons (Fsp3) is 0.417. The van der Waals surface area contributed by atoms with E-state index in [4.69, 9.17) is 9.47 Å². The highest BCUT2D eigenvalue weighted by Gasteiger charge is 2.46. The molecule has 0 bridgehead atoms. The van der Waals surface area contributed by atoms with Crippen LogP contribution >= 0.6 is 0 Å². The number of benzene rings is 2. The third kappa shape index (κ3) is 4.37. The number of carbonyl (C=O) groups is 2. The summed E-state index contributed by atoms with van der Waals surface area (Å²) < 4.78 is 10.5. The third-order valence-corrected chi connectivity index (χ3v) is 6.21. The van der Waals surface area contributed by atoms with E-state index in [2.05, 4.69) is 5.32 Å². The summed E-state index contributed by atoms with van der Waals surface area (Å²) in [6.07, 6.45) is 1.97. The number of hydrogen-bond acceptors (Lipinski definition) is 6. The predicted molar refractivity (Wildman–Crippen MR) is 116 cm³/mol. The summed E-state index contributed by atoms with van der Waals surface area (Å²) in [5, 5.41) is 12.9. The molecule has 1 amide bonds. The Morgan fingerprint density at radius 2 is 2.00 bits per heavy atom. The molecule has 0 aromatic heterocycles. The van der Waals surface area contributed by atoms with Crippen LogP contribution < -0.4 is 5.32 Å². The van der Waals surface area contributed by atoms with Gasteiger partial charge >= 0.3 is 12.1 Å². The summed E-state index contributed by atoms with van der Waals surface area (Å²) in [4.78, 5) is 26.9. The van der Waals surface area contributed by atoms with Gasteiger partial charge in [0, 0.05) is 30.8 Å². The maximum atomic E-state index is 13.0. The number of aliphatic hydroxyl groups excluding tert-OH is 1. The van der Waals surface area contributed by atoms with Gasteiger partial charge in [0.25, 0.3) is 0 Å². The van der Waals surface area contributed by atoms with Crippen LogP contribution in [0.4, 0.5) is 10.5 Å². The molecule has 3 atom stereocenters. The largest absolute Gasteiger partial charge is 0.465 e. The number of rotatable bonds is 6. The molecule has 0 aliphatic carbocycles. The van der Waals surface area contributed by atoms with Crippen molar-refractivity contribution in [1.82, 2.24) is 4.90 Å². The second-order valence-corrected chi connectivity index (χ2v) is 8.04. The standard InChI is InChI=1S/C24H28N2O5/c1-30-23(28)17-9-10-21-19(14-17)22-18(20(25-21)8-5-13-27)11-12-26(22)24(29)31-15-16-6-3-2-4-7-16/h2-4,6-7,9-10,14,18,20,22,25,27H,5,8,11-13,15H2,1H3/t18-,20?,22-/m0/s1. The Hall–Kier alpha value is -3.06. The smallest absolute Gasteiger partial charge is 0.410 e. The number of methoxy groups -OCH3 is 1. The van der Waals surface area contributed by atoms with Crippen LogP contribution in [0.2, 0.25) is 0 Å². The van der Waals surface area contributed by atoms with Crippen LogP contribution in [0, 0.1) is 5.92 Å². The second kappa shape index (κ2) is 9.39. The number of esters is 1. The molecular weight excluding hydrogens is 396 g/mol. The van der Waals surface area contributed by atoms with Gasteiger partial charge in [-0.05, 0) is 48.6 Å². The maximum Gasteiger partial charge on any atom is 0.410 e. The zero-order valence-electron chi connectivity index (χ0n) is 17.6. The Kier molecular flexibility index (Phi) is 6.42. The van der Waals surface area contributed by atoms with Crippen LogP contribution in [0.1, 0.15) is 46.8 Å². The number of nitrogens with one attached hydrogen (secondary N) is 1. The van der Waals surface area contributed by atoms with Crippen molar-refractivity contribution < 1.29 is 24.2 Å². The summed E-state index contributed by atoms with van der Waals surface area (Å²) in [6, 6.07) is 15.0. The van der Waals surface area contributed by atoms with Crippen molar-refractivity contribution in [2.24, 2.45) is 5.92 Å². The highest BCUT2D eigenvalue weighted by Crippen LogP contribution is 2.47. The average Bonchev–Trinajstić information content (AvgIpc) is 3.26. The molecule has 31 heavy (non-hydrogen) atoms. The average molecular weight is 424 g/mol. The highest BCUT2D eigenvalue weighted by atomic mass is 16.6. The molecule has 2 aromatic carbocycles. The topological polar surface area (TPSA) is 88.1 Å². The molecule has 1 unspecified atom stereocenters. The van der Waals surface area contributed by atoms with Gasteiger partial charge in [-0.1, -0.05) is 30.3 Å². The van der Waals surface area contributed by atoms with Gasteiger partial charge in [0.05, 0.1) is 18.7 Å². The highest BCUT2D eigenvalue weighted by molar-refractivity contribution is 5.90. The molecule has 0 spiro atoms. The van der Waals surface area contributed by atoms with Gasteiger partial charge in [-0.2, -0.15) is 0 Å². The summed E-state index contributed by atoms with van der Waals surface area (Å²) in [7, 11) is 1.36. The van der Waals surface area contributed by atoms with E-state index in [0.29, 0.717) is 18.5 Å². The first-order valence-corrected chi connectivity index (χ1v) is 10.7. The van der Waals surface area contributed by atoms with Crippen LogP contribution in [0.25, 0.3) is 0 Å². The lowest BCUT2D eigenvalue weighted by Gasteiger charge is -2.39. The van der Waals surface area contributed by atoms with E-state index >= 15 is 0 Å². The number of aliphatic hydroxyl groups is 1. The number of nitrogens with zero attached hydrogens (tertiary/aromatic N) is 1. The first-order chi connectivity index (χ1) is 15.1. The SMILES string of the molecule is COC(=O)c1ccc2c(c1)[C@@H]1[C@@H](CCN1C(=O)OCc1ccccc1)C(CCCO)N2. The number of amides is 1. The number of carbonyl (C=O) groups excluding carboxylic acids is 2. The van der Waals surface area contributed by atoms with E-state index < -0.39 is 5.97 Å². The monoisotopic (exact) mass is 424 g/mol. The molecule has 164 valence electrons. The Balaban J connectivity index is 1.60. The molecule has 1 saturated heterocycles. The van der Waals surface area contributed by atoms with Crippen LogP contribution in [0.15, 0.2) is 48.5 Å². The second-order valence-electron chi connectivity index (χ2n) is 8.04. The number of fused-ring (bicyclic) bond motifs is 3. The lowest BCUT2D eigenvalue weighted by atomic mass is 9.80. The molecule has 2 aliphatic rings. The van der Waals surface area contributed by atoms with Crippen molar-refractivity contribution in [3.63, 3.8) is 0 Å². The molecule has 0 radical (unpaired) electrons. The van der Waals surface area contributed by atoms with Crippen LogP contribution in [-0.4, -0.2) is 48.4 Å². The van der Waals surface area contributed by atoms with Crippen molar-refractivity contribution in [2.75, 3.05) is 25.6 Å². The number of anilines is 1. The van der Waals surface area contributed by atoms with Crippen LogP contribution in [-0.2, 0) is 16.1 Å². The lowest BCUT2D eigenvalue weighted by molar-refractivity contribution is 0.0600. The summed E-state index contributed by atoms with van der Waals surface area (Å²) in [6.45, 7) is 0.934. The lowest BCUT2D eigenvalue weighted by Crippen LogP contribution is -2.41. The van der Waals surface area contributed by atoms with Gasteiger partial charge in [-0.25, -0.2) is 9.59 Å². The van der Waals surface area contributed by atoms with Gasteiger partial charge in [-0.15, -0.1) is 0 Å². The normalized spacial score (nSPS) is 21.6. The van der Waals surface area contributed by atoms with Crippen molar-refractivity contribution >= 4 is 17.7 Å². The number of ether oxygens (including phenoxy) is 2. The van der Waals surface area contributed by atoms with Crippen molar-refractivity contribution in [3.05, 3.63) is 65.2 Å². The van der Waals surface area contributed by atoms with Crippen LogP contribution in [0.3, 0.4) is 0 Å². The quantitative estimate of drug-likeness (QED) is 0.687. The van der Waals surface area contributed by atoms with Gasteiger partial charge in [0.2, 0.25) is 0 Å². The van der Waals surface area contributed by atoms with Gasteiger partial charge in [0.15, 0.2) is 0 Å². The predicted octanol–water partition coefficient (Wildman–Crippen LogP) is 3.74. The summed E-state index contributed by atoms with van der Waals surface area (Å²) in [5.41, 5.74) is 3.20. The Morgan fingerprint density at radius 3 is 2.74 bits per heavy atom. The van der Waals surface area contributed by atoms with E-state index in [9.17, 15) is 14.7 Å². The third-order valence-electron chi connectivity index (χ3n) is 6.21. The molecule has 2 N–H and O–H groups in total. The molecule has 2 heterocycles. The molecule has 2 aromatic rings. The summed E-state index contributed by atoms with van der Waals surface area (Å²) in [5.74, 6) is -0.228. The van der Waals surface area contributed by atoms with Gasteiger partial charge in [0.1, 0.15) is 6.61 Å². The van der Waals surface area contributed by atoms with Crippen molar-refractivity contribution in [3.8, 4) is 0 Å². The van der Waals surface area contributed by atoms with E-state index in [1.807, 2.05) is 42.5 Å². The number of likely N-dealkylation sites (tertiary alicyclic amines) is 1. The minimum absolute atomic E-state index is 0.131. The Labute approximate surface area is 182 Å². The molecule has 0 saturated carbocycles. The fourth-order valence-corrected chi connectivity index (χ4v) is 4.73. The van der Waals surface area contributed by atoms with Gasteiger partial charge in [-0.3, -0.25) is 0 Å². The van der Waals surface area contributed by atoms with Gasteiger partial charge < -0.3 is 24.8 Å². The minimum atomic E-state index is -0.405. The molecule has 1 fully saturated rings. The first-order valence-electron chi connectivity index (χ1n) is 10.7. The molecule has 7 heteroatoms. The van der Waals surface area contributed by atoms with E-state index in [1.54, 1.807) is 11.0 Å². The van der Waals surface area contributed by atoms with E-state index in [0.717, 1.165) is 29.7 Å². The maximum absolute atomic E-state index is 13.0. The van der Waals surface area contributed by atoms with E-state index in [-0.39, 0.29) is 37.3 Å². The Bertz CT molecular complexity index is 933. The number of hydrogen-bond donors (Lipinski definition) is 2. The van der Waals surface area contributed by atoms with Crippen LogP contribution in [0.5, 0.6) is 0 Å². The molecular formula is C24H28N2O5. The summed E-state index contributed by atoms with van der Waals surface area (Å²) >= 11 is 0. The molecule has 4 rings (SSSR count). The molecule has 2 aliphatic heterocycles. The minimum Gasteiger partial charge on any atom is -0.465 e. The Morgan fingerprint density at radius 1 is 1.19 bits per heavy atom. The van der Waals surface area contributed by atoms with Crippen molar-refractivity contribution in [1.29, 1.82) is 0 Å². The van der Waals surface area contributed by atoms with Crippen molar-refractivity contribution in [2.45, 2.75) is 38.0 Å². The van der Waals surface area contributed by atoms with E-state index in [1.165, 1.54) is 7.11 Å². The zero-order valence-corrected chi connectivity index (χ0v) is 17.6. The molecule has 7 nitrogen and oxygen atoms in total. The zero-order chi connectivity index (χ0) is 21.8. The fourth-order valence-electron chi connectivity index (χ4n) is 4.73. The first kappa shape index (κ1) is 21.2.